The Morgan fingerprint density at radius 3 is 2.22 bits per heavy atom. The van der Waals surface area contributed by atoms with Gasteiger partial charge < -0.3 is 0 Å². The highest BCUT2D eigenvalue weighted by Crippen LogP contribution is 2.16. The minimum absolute atomic E-state index is 0.00782. The zero-order valence-electron chi connectivity index (χ0n) is 6.39. The predicted molar refractivity (Wildman–Crippen MR) is 42.1 cm³/mol. The lowest BCUT2D eigenvalue weighted by molar-refractivity contribution is 0.260. The van der Waals surface area contributed by atoms with Crippen LogP contribution in [0.2, 0.25) is 0 Å². The monoisotopic (exact) mass is 147 g/mol. The van der Waals surface area contributed by atoms with E-state index in [4.69, 9.17) is 0 Å². The quantitative estimate of drug-likeness (QED) is 0.559. The highest BCUT2D eigenvalue weighted by molar-refractivity contribution is 7.99. The van der Waals surface area contributed by atoms with Crippen LogP contribution in [0.4, 0.5) is 0 Å². The summed E-state index contributed by atoms with van der Waals surface area (Å²) in [6, 6.07) is 0. The Morgan fingerprint density at radius 2 is 1.89 bits per heavy atom. The molecule has 0 saturated carbocycles. The Morgan fingerprint density at radius 1 is 1.33 bits per heavy atom. The van der Waals surface area contributed by atoms with Crippen LogP contribution in [0.5, 0.6) is 0 Å². The van der Waals surface area contributed by atoms with Crippen molar-refractivity contribution >= 4 is 11.8 Å². The van der Waals surface area contributed by atoms with E-state index in [9.17, 15) is 5.11 Å². The molecule has 0 aromatic heterocycles. The molecule has 0 aliphatic heterocycles. The molecule has 0 aromatic rings. The Kier molecular flexibility index (Phi) is 5.30. The molecule has 0 aromatic carbocycles. The molecule has 2 heteroatoms. The van der Waals surface area contributed by atoms with Crippen LogP contribution < -0.4 is 0 Å². The van der Waals surface area contributed by atoms with E-state index in [0.717, 1.165) is 12.3 Å². The molecule has 0 fully saturated rings. The van der Waals surface area contributed by atoms with Gasteiger partial charge in [-0.25, -0.2) is 5.11 Å². The van der Waals surface area contributed by atoms with E-state index in [0.29, 0.717) is 5.25 Å². The van der Waals surface area contributed by atoms with Crippen LogP contribution in [0.1, 0.15) is 27.2 Å². The highest BCUT2D eigenvalue weighted by atomic mass is 32.2. The molecule has 1 nitrogen and oxygen atoms in total. The standard InChI is InChI=1S/C7H15OS/c1-6(2)4-7(3)9-5-8/h6-7H,4-5H2,1-3H3. The maximum absolute atomic E-state index is 10.1. The number of hydrogen-bond donors (Lipinski definition) is 0. The summed E-state index contributed by atoms with van der Waals surface area (Å²) in [6.07, 6.45) is 1.16. The van der Waals surface area contributed by atoms with E-state index in [1.807, 2.05) is 0 Å². The maximum atomic E-state index is 10.1. The second-order valence-corrected chi connectivity index (χ2v) is 4.10. The van der Waals surface area contributed by atoms with Gasteiger partial charge in [0.15, 0.2) is 0 Å². The Bertz CT molecular complexity index is 63.9. The SMILES string of the molecule is CC(C)CC(C)SC[O]. The minimum atomic E-state index is 0.00782. The van der Waals surface area contributed by atoms with Crippen LogP contribution in [-0.4, -0.2) is 11.2 Å². The topological polar surface area (TPSA) is 19.9 Å². The molecular formula is C7H15OS. The molecule has 0 amide bonds. The summed E-state index contributed by atoms with van der Waals surface area (Å²) < 4.78 is 0. The average molecular weight is 147 g/mol. The van der Waals surface area contributed by atoms with Crippen molar-refractivity contribution in [2.45, 2.75) is 32.4 Å². The van der Waals surface area contributed by atoms with Crippen molar-refractivity contribution in [1.82, 2.24) is 0 Å². The second-order valence-electron chi connectivity index (χ2n) is 2.72. The summed E-state index contributed by atoms with van der Waals surface area (Å²) >= 11 is 1.50. The second kappa shape index (κ2) is 5.12. The van der Waals surface area contributed by atoms with E-state index in [2.05, 4.69) is 20.8 Å². The van der Waals surface area contributed by atoms with Gasteiger partial charge in [0.25, 0.3) is 0 Å². The molecule has 0 rings (SSSR count). The smallest absolute Gasteiger partial charge is 0.128 e. The molecular weight excluding hydrogens is 132 g/mol. The van der Waals surface area contributed by atoms with Crippen LogP contribution in [0.25, 0.3) is 0 Å². The van der Waals surface area contributed by atoms with Gasteiger partial charge in [0.05, 0.1) is 0 Å². The zero-order valence-corrected chi connectivity index (χ0v) is 7.20. The fourth-order valence-electron chi connectivity index (χ4n) is 0.848. The molecule has 0 aliphatic carbocycles. The predicted octanol–water partition coefficient (Wildman–Crippen LogP) is 2.54. The van der Waals surface area contributed by atoms with Crippen LogP contribution in [0.3, 0.4) is 0 Å². The number of hydrogen-bond acceptors (Lipinski definition) is 1. The molecule has 1 radical (unpaired) electrons. The third-order valence-corrected chi connectivity index (χ3v) is 2.05. The lowest BCUT2D eigenvalue weighted by Gasteiger charge is -2.10. The zero-order chi connectivity index (χ0) is 7.28. The van der Waals surface area contributed by atoms with Gasteiger partial charge in [0.2, 0.25) is 0 Å². The van der Waals surface area contributed by atoms with Crippen molar-refractivity contribution in [3.8, 4) is 0 Å². The lowest BCUT2D eigenvalue weighted by Crippen LogP contribution is -2.01. The lowest BCUT2D eigenvalue weighted by atomic mass is 10.1. The molecule has 0 spiro atoms. The van der Waals surface area contributed by atoms with E-state index >= 15 is 0 Å². The summed E-state index contributed by atoms with van der Waals surface area (Å²) in [6.45, 7) is 6.48. The van der Waals surface area contributed by atoms with Crippen molar-refractivity contribution in [2.24, 2.45) is 5.92 Å². The summed E-state index contributed by atoms with van der Waals surface area (Å²) in [4.78, 5) is 0. The van der Waals surface area contributed by atoms with Gasteiger partial charge in [0, 0.05) is 5.25 Å². The Hall–Kier alpha value is 0.310. The summed E-state index contributed by atoms with van der Waals surface area (Å²) in [7, 11) is 0. The van der Waals surface area contributed by atoms with Crippen LogP contribution in [0.15, 0.2) is 0 Å². The van der Waals surface area contributed by atoms with E-state index < -0.39 is 0 Å². The molecule has 0 bridgehead atoms. The molecule has 0 aliphatic rings. The summed E-state index contributed by atoms with van der Waals surface area (Å²) in [5.41, 5.74) is 0. The van der Waals surface area contributed by atoms with Crippen molar-refractivity contribution in [3.05, 3.63) is 0 Å². The van der Waals surface area contributed by atoms with Gasteiger partial charge in [-0.1, -0.05) is 20.8 Å². The third kappa shape index (κ3) is 6.19. The molecule has 1 unspecified atom stereocenters. The number of thioether (sulfide) groups is 1. The van der Waals surface area contributed by atoms with Gasteiger partial charge >= 0.3 is 0 Å². The number of rotatable bonds is 4. The first-order chi connectivity index (χ1) is 4.16. The molecule has 55 valence electrons. The van der Waals surface area contributed by atoms with Gasteiger partial charge in [-0.05, 0) is 12.3 Å². The molecule has 0 saturated heterocycles. The van der Waals surface area contributed by atoms with Crippen molar-refractivity contribution in [2.75, 3.05) is 5.94 Å². The first-order valence-corrected chi connectivity index (χ1v) is 4.41. The Labute approximate surface area is 61.8 Å². The van der Waals surface area contributed by atoms with Crippen LogP contribution in [0, 0.1) is 5.92 Å². The summed E-state index contributed by atoms with van der Waals surface area (Å²) in [5.74, 6) is 0.729. The minimum Gasteiger partial charge on any atom is -0.225 e. The van der Waals surface area contributed by atoms with E-state index in [1.165, 1.54) is 11.8 Å². The van der Waals surface area contributed by atoms with Crippen molar-refractivity contribution in [1.29, 1.82) is 0 Å². The first kappa shape index (κ1) is 9.31. The van der Waals surface area contributed by atoms with Crippen LogP contribution in [-0.2, 0) is 5.11 Å². The van der Waals surface area contributed by atoms with E-state index in [-0.39, 0.29) is 5.94 Å². The van der Waals surface area contributed by atoms with Gasteiger partial charge in [-0.2, -0.15) is 0 Å². The fraction of sp³-hybridized carbons (Fsp3) is 1.00. The van der Waals surface area contributed by atoms with Gasteiger partial charge in [-0.15, -0.1) is 11.8 Å². The van der Waals surface area contributed by atoms with Crippen LogP contribution >= 0.6 is 11.8 Å². The van der Waals surface area contributed by atoms with Gasteiger partial charge in [0.1, 0.15) is 5.94 Å². The average Bonchev–Trinajstić information content (AvgIpc) is 1.63. The summed E-state index contributed by atoms with van der Waals surface area (Å²) in [5, 5.41) is 10.6. The molecule has 9 heavy (non-hydrogen) atoms. The van der Waals surface area contributed by atoms with Crippen molar-refractivity contribution in [3.63, 3.8) is 0 Å². The van der Waals surface area contributed by atoms with Crippen molar-refractivity contribution < 1.29 is 5.11 Å². The third-order valence-electron chi connectivity index (χ3n) is 1.16. The largest absolute Gasteiger partial charge is 0.225 e. The first-order valence-electron chi connectivity index (χ1n) is 3.36. The normalized spacial score (nSPS) is 14.3. The molecule has 0 heterocycles. The van der Waals surface area contributed by atoms with Gasteiger partial charge in [-0.3, -0.25) is 0 Å². The molecule has 1 atom stereocenters. The highest BCUT2D eigenvalue weighted by Gasteiger charge is 2.03. The Balaban J connectivity index is 3.15. The maximum Gasteiger partial charge on any atom is 0.128 e. The molecule has 0 N–H and O–H groups in total. The van der Waals surface area contributed by atoms with E-state index in [1.54, 1.807) is 0 Å². The fourth-order valence-corrected chi connectivity index (χ4v) is 1.60.